The van der Waals surface area contributed by atoms with Gasteiger partial charge in [0.15, 0.2) is 12.3 Å². The fourth-order valence-corrected chi connectivity index (χ4v) is 2.05. The normalized spacial score (nSPS) is 30.2. The maximum Gasteiger partial charge on any atom is 0.351 e. The molecule has 2 rings (SSSR count). The van der Waals surface area contributed by atoms with E-state index in [0.29, 0.717) is 0 Å². The van der Waals surface area contributed by atoms with Crippen molar-refractivity contribution in [2.75, 3.05) is 12.3 Å². The first kappa shape index (κ1) is 13.9. The number of aliphatic hydroxyl groups is 2. The van der Waals surface area contributed by atoms with E-state index in [-0.39, 0.29) is 5.82 Å². The summed E-state index contributed by atoms with van der Waals surface area (Å²) in [6, 6.07) is 1.41. The highest BCUT2D eigenvalue weighted by Crippen LogP contribution is 2.30. The predicted octanol–water partition coefficient (Wildman–Crippen LogP) is -1.58. The summed E-state index contributed by atoms with van der Waals surface area (Å²) >= 11 is 4.57. The van der Waals surface area contributed by atoms with Gasteiger partial charge in [0.25, 0.3) is 0 Å². The van der Waals surface area contributed by atoms with E-state index in [4.69, 9.17) is 20.3 Å². The summed E-state index contributed by atoms with van der Waals surface area (Å²) in [6.07, 6.45) is -2.44. The molecule has 1 aromatic rings. The van der Waals surface area contributed by atoms with Crippen molar-refractivity contribution in [2.45, 2.75) is 24.5 Å². The average Bonchev–Trinajstić information content (AvgIpc) is 2.68. The largest absolute Gasteiger partial charge is 0.479 e. The Bertz CT molecular complexity index is 522. The highest BCUT2D eigenvalue weighted by atomic mass is 32.1. The number of aliphatic hydroxyl groups excluding tert-OH is 2. The Balaban J connectivity index is 2.36. The molecule has 1 aliphatic heterocycles. The molecule has 8 nitrogen and oxygen atoms in total. The molecule has 0 amide bonds. The van der Waals surface area contributed by atoms with Crippen LogP contribution in [0.3, 0.4) is 0 Å². The van der Waals surface area contributed by atoms with Gasteiger partial charge in [0.2, 0.25) is 0 Å². The lowest BCUT2D eigenvalue weighted by Crippen LogP contribution is -2.37. The molecule has 19 heavy (non-hydrogen) atoms. The van der Waals surface area contributed by atoms with Crippen molar-refractivity contribution in [3.8, 4) is 0 Å². The zero-order valence-corrected chi connectivity index (χ0v) is 10.6. The van der Waals surface area contributed by atoms with Crippen molar-refractivity contribution in [3.63, 3.8) is 0 Å². The second-order valence-electron chi connectivity index (χ2n) is 3.98. The molecule has 0 bridgehead atoms. The van der Waals surface area contributed by atoms with Gasteiger partial charge in [-0.2, -0.15) is 4.98 Å². The van der Waals surface area contributed by atoms with Gasteiger partial charge in [0.05, 0.1) is 6.61 Å². The number of nitrogens with two attached hydrogens (primary N) is 1. The minimum absolute atomic E-state index is 0.0748. The van der Waals surface area contributed by atoms with Gasteiger partial charge in [-0.05, 0) is 18.3 Å². The number of nitrogen functional groups attached to an aromatic ring is 1. The molecule has 1 saturated heterocycles. The topological polar surface area (TPSA) is 120 Å². The molecule has 0 saturated carbocycles. The standard InChI is InChI=1S/C10H13N3O5S/c11-6-1-2-13(10(16)12-6)9-8(17-4-19)7(15)5(3-14)18-9/h1-2,4-5,7-9,14-15H,3H2,(H2,11,12,16)/t5-,7-,8-,9-/m1/s1. The molecule has 0 radical (unpaired) electrons. The van der Waals surface area contributed by atoms with Crippen molar-refractivity contribution >= 4 is 23.6 Å². The second kappa shape index (κ2) is 5.61. The Kier molecular flexibility index (Phi) is 4.10. The van der Waals surface area contributed by atoms with E-state index in [0.717, 1.165) is 10.1 Å². The molecule has 1 aromatic heterocycles. The van der Waals surface area contributed by atoms with E-state index in [9.17, 15) is 9.90 Å². The molecule has 2 heterocycles. The summed E-state index contributed by atoms with van der Waals surface area (Å²) in [5, 5.41) is 19.0. The zero-order chi connectivity index (χ0) is 14.0. The van der Waals surface area contributed by atoms with Crippen LogP contribution in [-0.4, -0.2) is 50.2 Å². The molecule has 0 aliphatic carbocycles. The molecule has 0 aromatic carbocycles. The van der Waals surface area contributed by atoms with Crippen molar-refractivity contribution in [1.82, 2.24) is 9.55 Å². The number of hydrogen-bond acceptors (Lipinski definition) is 8. The van der Waals surface area contributed by atoms with Gasteiger partial charge in [-0.15, -0.1) is 0 Å². The molecular weight excluding hydrogens is 274 g/mol. The van der Waals surface area contributed by atoms with E-state index >= 15 is 0 Å². The molecule has 104 valence electrons. The van der Waals surface area contributed by atoms with Gasteiger partial charge in [0.1, 0.15) is 23.6 Å². The summed E-state index contributed by atoms with van der Waals surface area (Å²) in [4.78, 5) is 15.3. The number of thiocarbonyl (C=S) groups is 1. The lowest BCUT2D eigenvalue weighted by atomic mass is 10.1. The van der Waals surface area contributed by atoms with Crippen LogP contribution in [0.5, 0.6) is 0 Å². The smallest absolute Gasteiger partial charge is 0.351 e. The minimum Gasteiger partial charge on any atom is -0.479 e. The number of aromatic nitrogens is 2. The number of hydrogen-bond donors (Lipinski definition) is 3. The maximum atomic E-state index is 11.7. The van der Waals surface area contributed by atoms with Crippen LogP contribution in [0, 0.1) is 0 Å². The fourth-order valence-electron chi connectivity index (χ4n) is 1.92. The van der Waals surface area contributed by atoms with Crippen molar-refractivity contribution in [3.05, 3.63) is 22.7 Å². The van der Waals surface area contributed by atoms with Crippen LogP contribution < -0.4 is 11.4 Å². The zero-order valence-electron chi connectivity index (χ0n) is 9.75. The van der Waals surface area contributed by atoms with Crippen molar-refractivity contribution < 1.29 is 19.7 Å². The third-order valence-electron chi connectivity index (χ3n) is 2.83. The first-order valence-corrected chi connectivity index (χ1v) is 5.93. The van der Waals surface area contributed by atoms with Crippen LogP contribution in [0.1, 0.15) is 6.23 Å². The Morgan fingerprint density at radius 2 is 2.42 bits per heavy atom. The highest BCUT2D eigenvalue weighted by molar-refractivity contribution is 7.78. The third kappa shape index (κ3) is 2.59. The van der Waals surface area contributed by atoms with E-state index in [1.54, 1.807) is 0 Å². The maximum absolute atomic E-state index is 11.7. The summed E-state index contributed by atoms with van der Waals surface area (Å²) < 4.78 is 11.6. The molecular formula is C10H13N3O5S. The quantitative estimate of drug-likeness (QED) is 0.567. The summed E-state index contributed by atoms with van der Waals surface area (Å²) in [5.41, 5.74) is 5.72. The summed E-state index contributed by atoms with van der Waals surface area (Å²) in [6.45, 7) is -0.411. The Morgan fingerprint density at radius 1 is 1.68 bits per heavy atom. The fraction of sp³-hybridized carbons (Fsp3) is 0.500. The van der Waals surface area contributed by atoms with Gasteiger partial charge in [-0.25, -0.2) is 4.79 Å². The van der Waals surface area contributed by atoms with Gasteiger partial charge < -0.3 is 25.4 Å². The number of rotatable bonds is 4. The second-order valence-corrected chi connectivity index (χ2v) is 4.17. The third-order valence-corrected chi connectivity index (χ3v) is 2.94. The number of anilines is 1. The SMILES string of the molecule is Nc1ccn([C@@H]2O[C@H](CO)[C@@H](O)[C@H]2OC=S)c(=O)n1. The van der Waals surface area contributed by atoms with Gasteiger partial charge in [-0.3, -0.25) is 4.57 Å². The van der Waals surface area contributed by atoms with Crippen LogP contribution in [0.4, 0.5) is 5.82 Å². The van der Waals surface area contributed by atoms with Gasteiger partial charge in [-0.1, -0.05) is 0 Å². The first-order chi connectivity index (χ1) is 9.08. The Morgan fingerprint density at radius 3 is 3.00 bits per heavy atom. The lowest BCUT2D eigenvalue weighted by Gasteiger charge is -2.20. The minimum atomic E-state index is -1.11. The first-order valence-electron chi connectivity index (χ1n) is 5.46. The monoisotopic (exact) mass is 287 g/mol. The highest BCUT2D eigenvalue weighted by Gasteiger charge is 2.46. The number of nitrogens with zero attached hydrogens (tertiary/aromatic N) is 2. The molecule has 9 heteroatoms. The van der Waals surface area contributed by atoms with Crippen LogP contribution in [0.25, 0.3) is 0 Å². The lowest BCUT2D eigenvalue weighted by molar-refractivity contribution is -0.0525. The average molecular weight is 287 g/mol. The molecule has 1 fully saturated rings. The predicted molar refractivity (Wildman–Crippen MR) is 68.4 cm³/mol. The van der Waals surface area contributed by atoms with Crippen molar-refractivity contribution in [1.29, 1.82) is 0 Å². The van der Waals surface area contributed by atoms with Crippen LogP contribution in [0.15, 0.2) is 17.1 Å². The van der Waals surface area contributed by atoms with Crippen LogP contribution in [-0.2, 0) is 9.47 Å². The van der Waals surface area contributed by atoms with E-state index in [1.165, 1.54) is 12.3 Å². The van der Waals surface area contributed by atoms with E-state index < -0.39 is 36.8 Å². The Labute approximate surface area is 113 Å². The van der Waals surface area contributed by atoms with Crippen molar-refractivity contribution in [2.24, 2.45) is 0 Å². The number of ether oxygens (including phenoxy) is 2. The molecule has 4 atom stereocenters. The molecule has 0 spiro atoms. The summed E-state index contributed by atoms with van der Waals surface area (Å²) in [7, 11) is 0. The molecule has 1 aliphatic rings. The van der Waals surface area contributed by atoms with Crippen LogP contribution in [0.2, 0.25) is 0 Å². The van der Waals surface area contributed by atoms with E-state index in [1.807, 2.05) is 0 Å². The Hall–Kier alpha value is -1.55. The molecule has 4 N–H and O–H groups in total. The van der Waals surface area contributed by atoms with Gasteiger partial charge >= 0.3 is 5.69 Å². The molecule has 0 unspecified atom stereocenters. The summed E-state index contributed by atoms with van der Waals surface area (Å²) in [5.74, 6) is 0.0748. The van der Waals surface area contributed by atoms with E-state index in [2.05, 4.69) is 17.2 Å². The van der Waals surface area contributed by atoms with Crippen LogP contribution >= 0.6 is 12.2 Å². The van der Waals surface area contributed by atoms with Gasteiger partial charge in [0, 0.05) is 6.20 Å².